The molecule has 0 saturated carbocycles. The molecule has 12 heteroatoms. The fourth-order valence-corrected chi connectivity index (χ4v) is 2.23. The summed E-state index contributed by atoms with van der Waals surface area (Å²) in [4.78, 5) is 11.7. The molecule has 0 aliphatic rings. The lowest BCUT2D eigenvalue weighted by Crippen LogP contribution is -2.58. The van der Waals surface area contributed by atoms with Crippen molar-refractivity contribution in [2.75, 3.05) is 7.11 Å². The standard InChI is InChI=1S/C17H13F7N2O3/c1-9-11(4-3-5-12(9)14(27)28-2)13-7-6-10(29-13)8-25-26-17(23,24)15(18,19)16(20,21)22/h3-8,26H,1-2H3/b25-8+. The van der Waals surface area contributed by atoms with Crippen molar-refractivity contribution in [2.45, 2.75) is 25.1 Å². The number of rotatable bonds is 6. The van der Waals surface area contributed by atoms with Gasteiger partial charge in [0.15, 0.2) is 0 Å². The van der Waals surface area contributed by atoms with Gasteiger partial charge in [-0.3, -0.25) is 0 Å². The van der Waals surface area contributed by atoms with E-state index < -0.39 is 24.1 Å². The fraction of sp³-hybridized carbons (Fsp3) is 0.294. The van der Waals surface area contributed by atoms with Gasteiger partial charge in [0.1, 0.15) is 11.5 Å². The third kappa shape index (κ3) is 4.35. The van der Waals surface area contributed by atoms with Crippen LogP contribution in [0.5, 0.6) is 0 Å². The molecule has 1 aromatic heterocycles. The van der Waals surface area contributed by atoms with Crippen LogP contribution in [0.3, 0.4) is 0 Å². The van der Waals surface area contributed by atoms with Gasteiger partial charge in [-0.05, 0) is 30.7 Å². The molecule has 0 atom stereocenters. The van der Waals surface area contributed by atoms with E-state index >= 15 is 0 Å². The van der Waals surface area contributed by atoms with Crippen LogP contribution in [0.2, 0.25) is 0 Å². The highest BCUT2D eigenvalue weighted by Gasteiger charge is 2.73. The largest absolute Gasteiger partial charge is 0.465 e. The number of benzene rings is 1. The van der Waals surface area contributed by atoms with Gasteiger partial charge in [0.2, 0.25) is 0 Å². The Morgan fingerprint density at radius 2 is 1.76 bits per heavy atom. The fourth-order valence-electron chi connectivity index (χ4n) is 2.23. The Hall–Kier alpha value is -3.05. The number of esters is 1. The quantitative estimate of drug-likeness (QED) is 0.238. The van der Waals surface area contributed by atoms with E-state index in [1.165, 1.54) is 31.4 Å². The Morgan fingerprint density at radius 1 is 1.10 bits per heavy atom. The molecule has 0 aliphatic carbocycles. The minimum Gasteiger partial charge on any atom is -0.465 e. The van der Waals surface area contributed by atoms with Crippen LogP contribution < -0.4 is 5.43 Å². The molecular formula is C17H13F7N2O3. The Balaban J connectivity index is 2.21. The normalized spacial score (nSPS) is 13.0. The van der Waals surface area contributed by atoms with E-state index in [0.29, 0.717) is 22.8 Å². The first-order valence-corrected chi connectivity index (χ1v) is 7.72. The average molecular weight is 426 g/mol. The number of hydrogen-bond donors (Lipinski definition) is 1. The molecule has 2 rings (SSSR count). The molecule has 1 heterocycles. The van der Waals surface area contributed by atoms with Crippen molar-refractivity contribution < 1.29 is 44.7 Å². The molecule has 5 nitrogen and oxygen atoms in total. The lowest BCUT2D eigenvalue weighted by molar-refractivity contribution is -0.361. The van der Waals surface area contributed by atoms with Crippen molar-refractivity contribution in [3.63, 3.8) is 0 Å². The molecule has 1 aromatic carbocycles. The van der Waals surface area contributed by atoms with Crippen LogP contribution in [0, 0.1) is 6.92 Å². The van der Waals surface area contributed by atoms with Crippen LogP contribution >= 0.6 is 0 Å². The smallest absolute Gasteiger partial charge is 0.462 e. The molecule has 0 fully saturated rings. The number of carbonyl (C=O) groups excluding carboxylic acids is 1. The summed E-state index contributed by atoms with van der Waals surface area (Å²) in [5.74, 6) is -6.99. The third-order valence-corrected chi connectivity index (χ3v) is 3.78. The number of carbonyl (C=O) groups is 1. The summed E-state index contributed by atoms with van der Waals surface area (Å²) in [7, 11) is 1.20. The maximum atomic E-state index is 13.1. The second-order valence-corrected chi connectivity index (χ2v) is 5.69. The van der Waals surface area contributed by atoms with E-state index in [1.54, 1.807) is 13.0 Å². The van der Waals surface area contributed by atoms with Crippen LogP contribution in [0.25, 0.3) is 11.3 Å². The lowest BCUT2D eigenvalue weighted by Gasteiger charge is -2.27. The van der Waals surface area contributed by atoms with Gasteiger partial charge in [0.25, 0.3) is 0 Å². The van der Waals surface area contributed by atoms with Gasteiger partial charge in [-0.25, -0.2) is 10.2 Å². The van der Waals surface area contributed by atoms with Crippen LogP contribution in [-0.2, 0) is 4.74 Å². The molecular weight excluding hydrogens is 413 g/mol. The van der Waals surface area contributed by atoms with E-state index in [1.807, 2.05) is 0 Å². The van der Waals surface area contributed by atoms with Gasteiger partial charge in [-0.1, -0.05) is 12.1 Å². The Labute approximate surface area is 159 Å². The number of alkyl halides is 7. The van der Waals surface area contributed by atoms with Gasteiger partial charge in [-0.15, -0.1) is 0 Å². The van der Waals surface area contributed by atoms with Crippen molar-refractivity contribution in [3.8, 4) is 11.3 Å². The predicted molar refractivity (Wildman–Crippen MR) is 86.9 cm³/mol. The number of hydrazone groups is 1. The van der Waals surface area contributed by atoms with Gasteiger partial charge < -0.3 is 9.15 Å². The zero-order valence-electron chi connectivity index (χ0n) is 14.8. The Morgan fingerprint density at radius 3 is 2.34 bits per heavy atom. The summed E-state index contributed by atoms with van der Waals surface area (Å²) in [5.41, 5.74) is 1.65. The van der Waals surface area contributed by atoms with Crippen molar-refractivity contribution in [3.05, 3.63) is 47.2 Å². The van der Waals surface area contributed by atoms with E-state index in [2.05, 4.69) is 9.84 Å². The summed E-state index contributed by atoms with van der Waals surface area (Å²) in [5, 5.41) is 2.71. The highest BCUT2D eigenvalue weighted by Crippen LogP contribution is 2.45. The Kier molecular flexibility index (Phi) is 5.95. The SMILES string of the molecule is COC(=O)c1cccc(-c2ccc(/C=N/NC(F)(F)C(F)(F)C(F)(F)F)o2)c1C. The maximum absolute atomic E-state index is 13.1. The minimum atomic E-state index is -6.47. The van der Waals surface area contributed by atoms with Crippen molar-refractivity contribution >= 4 is 12.2 Å². The first kappa shape index (κ1) is 22.2. The number of nitrogens with one attached hydrogen (secondary N) is 1. The maximum Gasteiger partial charge on any atom is 0.462 e. The molecule has 0 unspecified atom stereocenters. The van der Waals surface area contributed by atoms with Crippen LogP contribution in [0.4, 0.5) is 30.7 Å². The second kappa shape index (κ2) is 7.76. The van der Waals surface area contributed by atoms with E-state index in [0.717, 1.165) is 0 Å². The van der Waals surface area contributed by atoms with Crippen LogP contribution in [-0.4, -0.2) is 37.4 Å². The lowest BCUT2D eigenvalue weighted by atomic mass is 10.0. The number of furan rings is 1. The highest BCUT2D eigenvalue weighted by atomic mass is 19.4. The number of nitrogens with zero attached hydrogens (tertiary/aromatic N) is 1. The molecule has 0 spiro atoms. The molecule has 0 aliphatic heterocycles. The first-order chi connectivity index (χ1) is 13.3. The molecule has 29 heavy (non-hydrogen) atoms. The van der Waals surface area contributed by atoms with E-state index in [4.69, 9.17) is 4.42 Å². The Bertz CT molecular complexity index is 920. The molecule has 158 valence electrons. The summed E-state index contributed by atoms with van der Waals surface area (Å²) >= 11 is 0. The molecule has 0 amide bonds. The van der Waals surface area contributed by atoms with Gasteiger partial charge in [0.05, 0.1) is 18.9 Å². The molecule has 0 saturated heterocycles. The predicted octanol–water partition coefficient (Wildman–Crippen LogP) is 4.76. The van der Waals surface area contributed by atoms with Crippen molar-refractivity contribution in [2.24, 2.45) is 5.10 Å². The average Bonchev–Trinajstić information content (AvgIpc) is 3.08. The molecule has 1 N–H and O–H groups in total. The van der Waals surface area contributed by atoms with Crippen LogP contribution in [0.15, 0.2) is 39.9 Å². The summed E-state index contributed by atoms with van der Waals surface area (Å²) < 4.78 is 97.8. The molecule has 2 aromatic rings. The topological polar surface area (TPSA) is 63.8 Å². The zero-order chi connectivity index (χ0) is 22.0. The first-order valence-electron chi connectivity index (χ1n) is 7.72. The number of ether oxygens (including phenoxy) is 1. The van der Waals surface area contributed by atoms with Crippen LogP contribution in [0.1, 0.15) is 21.7 Å². The van der Waals surface area contributed by atoms with Crippen molar-refractivity contribution in [1.29, 1.82) is 0 Å². The molecule has 0 radical (unpaired) electrons. The number of hydrogen-bond acceptors (Lipinski definition) is 5. The van der Waals surface area contributed by atoms with Gasteiger partial charge in [0, 0.05) is 5.56 Å². The van der Waals surface area contributed by atoms with Crippen molar-refractivity contribution in [1.82, 2.24) is 5.43 Å². The summed E-state index contributed by atoms with van der Waals surface area (Å²) in [6.07, 6.45) is -5.97. The van der Waals surface area contributed by atoms with Gasteiger partial charge in [-0.2, -0.15) is 35.8 Å². The minimum absolute atomic E-state index is 0.169. The molecule has 0 bridgehead atoms. The van der Waals surface area contributed by atoms with E-state index in [-0.39, 0.29) is 17.1 Å². The third-order valence-electron chi connectivity index (χ3n) is 3.78. The summed E-state index contributed by atoms with van der Waals surface area (Å²) in [6.45, 7) is 1.60. The second-order valence-electron chi connectivity index (χ2n) is 5.69. The van der Waals surface area contributed by atoms with Gasteiger partial charge >= 0.3 is 24.1 Å². The monoisotopic (exact) mass is 426 g/mol. The highest BCUT2D eigenvalue weighted by molar-refractivity contribution is 5.93. The number of halogens is 7. The number of methoxy groups -OCH3 is 1. The van der Waals surface area contributed by atoms with E-state index in [9.17, 15) is 35.5 Å². The zero-order valence-corrected chi connectivity index (χ0v) is 14.8. The summed E-state index contributed by atoms with van der Waals surface area (Å²) in [6, 6.07) is 1.52.